The lowest BCUT2D eigenvalue weighted by atomic mass is 10.4. The van der Waals surface area contributed by atoms with Gasteiger partial charge in [0.2, 0.25) is 6.41 Å². The van der Waals surface area contributed by atoms with Crippen molar-refractivity contribution in [1.29, 1.82) is 0 Å². The minimum absolute atomic E-state index is 0.0530. The molecule has 0 aromatic heterocycles. The number of morpholine rings is 1. The van der Waals surface area contributed by atoms with Crippen molar-refractivity contribution >= 4 is 29.0 Å². The van der Waals surface area contributed by atoms with E-state index in [-0.39, 0.29) is 6.61 Å². The van der Waals surface area contributed by atoms with Gasteiger partial charge in [0.25, 0.3) is 0 Å². The summed E-state index contributed by atoms with van der Waals surface area (Å²) in [7, 11) is 0.678. The number of nitrogens with zero attached hydrogens (tertiary/aromatic N) is 2. The standard InChI is InChI=1S/C10H12ClNO2S.C7H12N2O2.C4H8O.C4H8/c11-9-1-3-10(4-2-9)15(13)12-5-7-14-8-6-12;1-2-9(5-6-10)4-3-8-7-11;1-5-4-2-3-4;1-4-2-3-4/h1-4H,5-8H2;2-4,7,10H,1,5-6H2,(H,8,11);4H,2-3H2,1H3;4H,2-3H2,1H3/b;4-3+;;. The lowest BCUT2D eigenvalue weighted by Crippen LogP contribution is -2.37. The van der Waals surface area contributed by atoms with E-state index in [1.807, 2.05) is 4.31 Å². The van der Waals surface area contributed by atoms with Crippen LogP contribution in [0.1, 0.15) is 32.6 Å². The van der Waals surface area contributed by atoms with Gasteiger partial charge in [-0.15, -0.1) is 0 Å². The summed E-state index contributed by atoms with van der Waals surface area (Å²) in [6.45, 7) is 9.05. The number of aliphatic hydroxyl groups excluding tert-OH is 1. The van der Waals surface area contributed by atoms with Crippen LogP contribution in [0.25, 0.3) is 0 Å². The van der Waals surface area contributed by atoms with Gasteiger partial charge in [-0.3, -0.25) is 4.79 Å². The van der Waals surface area contributed by atoms with Gasteiger partial charge in [-0.2, -0.15) is 0 Å². The molecule has 0 spiro atoms. The first kappa shape index (κ1) is 31.3. The molecule has 8 nitrogen and oxygen atoms in total. The number of halogens is 1. The normalized spacial score (nSPS) is 17.9. The van der Waals surface area contributed by atoms with E-state index in [0.29, 0.717) is 37.3 Å². The summed E-state index contributed by atoms with van der Waals surface area (Å²) in [5.41, 5.74) is 0. The zero-order valence-electron chi connectivity index (χ0n) is 20.8. The molecule has 1 heterocycles. The van der Waals surface area contributed by atoms with Crippen LogP contribution in [-0.2, 0) is 25.3 Å². The number of hydrogen-bond acceptors (Lipinski definition) is 6. The molecule has 35 heavy (non-hydrogen) atoms. The first-order chi connectivity index (χ1) is 16.9. The number of aliphatic hydroxyl groups is 1. The van der Waals surface area contributed by atoms with E-state index in [1.54, 1.807) is 48.7 Å². The number of hydrogen-bond donors (Lipinski definition) is 2. The number of carbonyl (C=O) groups is 1. The first-order valence-corrected chi connectivity index (χ1v) is 13.3. The van der Waals surface area contributed by atoms with Crippen molar-refractivity contribution in [2.24, 2.45) is 5.92 Å². The SMILES string of the molecule is C=CN(/C=C/NC=O)CCO.CC1CC1.COC1CC1.O=S(c1ccc(Cl)cc1)N1CCOCC1. The maximum atomic E-state index is 12.0. The summed E-state index contributed by atoms with van der Waals surface area (Å²) in [5, 5.41) is 11.5. The summed E-state index contributed by atoms with van der Waals surface area (Å²) in [6, 6.07) is 7.12. The molecule has 1 aromatic rings. The number of nitrogens with one attached hydrogen (secondary N) is 1. The van der Waals surface area contributed by atoms with Crippen molar-refractivity contribution in [1.82, 2.24) is 14.5 Å². The fourth-order valence-electron chi connectivity index (χ4n) is 2.40. The molecule has 1 aromatic carbocycles. The molecule has 1 aliphatic heterocycles. The van der Waals surface area contributed by atoms with Gasteiger partial charge < -0.3 is 24.8 Å². The van der Waals surface area contributed by atoms with Gasteiger partial charge in [-0.1, -0.05) is 37.9 Å². The number of methoxy groups -OCH3 is 1. The highest BCUT2D eigenvalue weighted by molar-refractivity contribution is 7.82. The average molecular weight is 530 g/mol. The monoisotopic (exact) mass is 529 g/mol. The second-order valence-electron chi connectivity index (χ2n) is 8.11. The highest BCUT2D eigenvalue weighted by atomic mass is 35.5. The molecule has 0 bridgehead atoms. The topological polar surface area (TPSA) is 91.3 Å². The summed E-state index contributed by atoms with van der Waals surface area (Å²) < 4.78 is 24.0. The van der Waals surface area contributed by atoms with Crippen LogP contribution in [0, 0.1) is 5.92 Å². The fraction of sp³-hybridized carbons (Fsp3) is 0.560. The predicted molar refractivity (Wildman–Crippen MR) is 141 cm³/mol. The van der Waals surface area contributed by atoms with Gasteiger partial charge in [-0.05, 0) is 49.2 Å². The number of rotatable bonds is 9. The quantitative estimate of drug-likeness (QED) is 0.475. The Hall–Kier alpha value is -1.75. The maximum Gasteiger partial charge on any atom is 0.211 e. The van der Waals surface area contributed by atoms with E-state index >= 15 is 0 Å². The predicted octanol–water partition coefficient (Wildman–Crippen LogP) is 3.55. The minimum atomic E-state index is -1.08. The number of carbonyl (C=O) groups excluding carboxylic acids is 1. The Bertz CT molecular complexity index is 752. The molecule has 3 fully saturated rings. The Kier molecular flexibility index (Phi) is 17.4. The van der Waals surface area contributed by atoms with Gasteiger partial charge in [0, 0.05) is 44.2 Å². The molecule has 4 rings (SSSR count). The zero-order chi connectivity index (χ0) is 25.9. The van der Waals surface area contributed by atoms with E-state index < -0.39 is 11.0 Å². The summed E-state index contributed by atoms with van der Waals surface area (Å²) in [6.07, 6.45) is 11.4. The summed E-state index contributed by atoms with van der Waals surface area (Å²) in [4.78, 5) is 12.2. The molecule has 198 valence electrons. The molecule has 1 unspecified atom stereocenters. The summed E-state index contributed by atoms with van der Waals surface area (Å²) >= 11 is 5.77. The first-order valence-electron chi connectivity index (χ1n) is 11.8. The van der Waals surface area contributed by atoms with Crippen molar-refractivity contribution < 1.29 is 23.6 Å². The molecule has 2 aliphatic carbocycles. The maximum absolute atomic E-state index is 12.0. The third-order valence-corrected chi connectivity index (χ3v) is 6.73. The average Bonchev–Trinajstić information content (AvgIpc) is 3.83. The highest BCUT2D eigenvalue weighted by Gasteiger charge is 2.19. The lowest BCUT2D eigenvalue weighted by molar-refractivity contribution is -0.108. The molecular weight excluding hydrogens is 490 g/mol. The van der Waals surface area contributed by atoms with Crippen LogP contribution in [0.4, 0.5) is 0 Å². The van der Waals surface area contributed by atoms with E-state index in [9.17, 15) is 9.00 Å². The molecule has 10 heteroatoms. The molecule has 1 amide bonds. The van der Waals surface area contributed by atoms with E-state index in [0.717, 1.165) is 23.9 Å². The Labute approximate surface area is 217 Å². The lowest BCUT2D eigenvalue weighted by Gasteiger charge is -2.25. The Morgan fingerprint density at radius 2 is 1.86 bits per heavy atom. The van der Waals surface area contributed by atoms with Crippen LogP contribution < -0.4 is 5.32 Å². The van der Waals surface area contributed by atoms with Crippen LogP contribution in [-0.4, -0.2) is 77.6 Å². The van der Waals surface area contributed by atoms with Gasteiger partial charge >= 0.3 is 0 Å². The molecular formula is C25H40ClN3O5S. The molecule has 1 saturated heterocycles. The highest BCUT2D eigenvalue weighted by Crippen LogP contribution is 2.26. The fourth-order valence-corrected chi connectivity index (χ4v) is 3.68. The second-order valence-corrected chi connectivity index (χ2v) is 10.0. The Morgan fingerprint density at radius 3 is 2.26 bits per heavy atom. The summed E-state index contributed by atoms with van der Waals surface area (Å²) in [5.74, 6) is 1.08. The Balaban J connectivity index is 0.000000265. The van der Waals surface area contributed by atoms with E-state index in [4.69, 9.17) is 26.2 Å². The zero-order valence-corrected chi connectivity index (χ0v) is 22.4. The van der Waals surface area contributed by atoms with Crippen LogP contribution >= 0.6 is 11.6 Å². The number of benzene rings is 1. The van der Waals surface area contributed by atoms with Gasteiger partial charge in [0.15, 0.2) is 0 Å². The third-order valence-electron chi connectivity index (χ3n) is 4.97. The van der Waals surface area contributed by atoms with Gasteiger partial charge in [0.05, 0.1) is 30.8 Å². The second kappa shape index (κ2) is 19.4. The number of ether oxygens (including phenoxy) is 2. The molecule has 2 saturated carbocycles. The third kappa shape index (κ3) is 16.5. The minimum Gasteiger partial charge on any atom is -0.395 e. The molecule has 1 atom stereocenters. The van der Waals surface area contributed by atoms with Crippen LogP contribution in [0.15, 0.2) is 54.3 Å². The van der Waals surface area contributed by atoms with Crippen molar-refractivity contribution in [3.8, 4) is 0 Å². The molecule has 3 aliphatic rings. The largest absolute Gasteiger partial charge is 0.395 e. The Morgan fingerprint density at radius 1 is 1.26 bits per heavy atom. The van der Waals surface area contributed by atoms with Crippen LogP contribution in [0.5, 0.6) is 0 Å². The van der Waals surface area contributed by atoms with Crippen molar-refractivity contribution in [3.63, 3.8) is 0 Å². The van der Waals surface area contributed by atoms with Crippen molar-refractivity contribution in [2.45, 2.75) is 43.6 Å². The molecule has 2 N–H and O–H groups in total. The van der Waals surface area contributed by atoms with Crippen molar-refractivity contribution in [3.05, 3.63) is 54.5 Å². The van der Waals surface area contributed by atoms with E-state index in [1.165, 1.54) is 31.9 Å². The van der Waals surface area contributed by atoms with Gasteiger partial charge in [0.1, 0.15) is 11.0 Å². The number of amides is 1. The molecule has 0 radical (unpaired) electrons. The van der Waals surface area contributed by atoms with Crippen LogP contribution in [0.3, 0.4) is 0 Å². The van der Waals surface area contributed by atoms with Crippen LogP contribution in [0.2, 0.25) is 5.02 Å². The van der Waals surface area contributed by atoms with Crippen molar-refractivity contribution in [2.75, 3.05) is 46.6 Å². The van der Waals surface area contributed by atoms with E-state index in [2.05, 4.69) is 18.8 Å². The van der Waals surface area contributed by atoms with Gasteiger partial charge in [-0.25, -0.2) is 8.51 Å². The smallest absolute Gasteiger partial charge is 0.211 e.